The van der Waals surface area contributed by atoms with Crippen molar-refractivity contribution in [2.75, 3.05) is 26.7 Å². The summed E-state index contributed by atoms with van der Waals surface area (Å²) in [4.78, 5) is 15.6. The molecular weight excluding hydrogens is 468 g/mol. The van der Waals surface area contributed by atoms with Crippen LogP contribution < -0.4 is 10.1 Å². The van der Waals surface area contributed by atoms with E-state index in [-0.39, 0.29) is 11.9 Å². The van der Waals surface area contributed by atoms with Gasteiger partial charge in [0.15, 0.2) is 0 Å². The van der Waals surface area contributed by atoms with Crippen molar-refractivity contribution >= 4 is 49.1 Å². The lowest BCUT2D eigenvalue weighted by molar-refractivity contribution is 0.0941. The molecule has 1 aromatic heterocycles. The second-order valence-electron chi connectivity index (χ2n) is 5.94. The van der Waals surface area contributed by atoms with Crippen LogP contribution in [0.2, 0.25) is 0 Å². The fourth-order valence-electron chi connectivity index (χ4n) is 3.17. The summed E-state index contributed by atoms with van der Waals surface area (Å²) < 4.78 is 7.38. The number of ether oxygens (including phenoxy) is 1. The van der Waals surface area contributed by atoms with E-state index < -0.39 is 0 Å². The van der Waals surface area contributed by atoms with Gasteiger partial charge >= 0.3 is 0 Å². The minimum atomic E-state index is -0.0458. The van der Waals surface area contributed by atoms with Gasteiger partial charge < -0.3 is 10.1 Å². The second kappa shape index (κ2) is 8.66. The molecule has 4 nitrogen and oxygen atoms in total. The highest BCUT2D eigenvalue weighted by atomic mass is 79.9. The standard InChI is InChI=1S/C18H20Br2N2O2S/c1-24-15-7-3-2-6-12(15)14(22-8-4-5-9-22)11-21-18(23)16-10-13(19)17(20)25-16/h2-3,6-7,10,14H,4-5,8-9,11H2,1H3,(H,21,23). The average molecular weight is 488 g/mol. The summed E-state index contributed by atoms with van der Waals surface area (Å²) in [5.41, 5.74) is 1.13. The molecule has 1 amide bonds. The molecule has 2 aromatic rings. The highest BCUT2D eigenvalue weighted by Gasteiger charge is 2.26. The number of carbonyl (C=O) groups excluding carboxylic acids is 1. The SMILES string of the molecule is COc1ccccc1C(CNC(=O)c1cc(Br)c(Br)s1)N1CCCC1. The maximum atomic E-state index is 12.5. The van der Waals surface area contributed by atoms with E-state index in [0.717, 1.165) is 32.7 Å². The lowest BCUT2D eigenvalue weighted by atomic mass is 10.0. The van der Waals surface area contributed by atoms with Gasteiger partial charge in [-0.1, -0.05) is 18.2 Å². The van der Waals surface area contributed by atoms with Crippen LogP contribution in [0, 0.1) is 0 Å². The Bertz CT molecular complexity index is 725. The van der Waals surface area contributed by atoms with Gasteiger partial charge in [0.2, 0.25) is 0 Å². The molecule has 2 heterocycles. The molecule has 0 radical (unpaired) electrons. The van der Waals surface area contributed by atoms with E-state index in [4.69, 9.17) is 4.74 Å². The zero-order valence-corrected chi connectivity index (χ0v) is 17.9. The number of carbonyl (C=O) groups is 1. The maximum Gasteiger partial charge on any atom is 0.261 e. The molecule has 0 spiro atoms. The predicted molar refractivity (Wildman–Crippen MR) is 109 cm³/mol. The van der Waals surface area contributed by atoms with Crippen molar-refractivity contribution in [2.24, 2.45) is 0 Å². The molecule has 1 aliphatic rings. The number of para-hydroxylation sites is 1. The van der Waals surface area contributed by atoms with Crippen LogP contribution in [0.3, 0.4) is 0 Å². The van der Waals surface area contributed by atoms with E-state index in [0.29, 0.717) is 11.4 Å². The van der Waals surface area contributed by atoms with Crippen LogP contribution in [0.15, 0.2) is 38.6 Å². The topological polar surface area (TPSA) is 41.6 Å². The monoisotopic (exact) mass is 486 g/mol. The van der Waals surface area contributed by atoms with Crippen molar-refractivity contribution in [3.63, 3.8) is 0 Å². The third-order valence-electron chi connectivity index (χ3n) is 4.40. The molecule has 25 heavy (non-hydrogen) atoms. The summed E-state index contributed by atoms with van der Waals surface area (Å²) >= 11 is 8.30. The van der Waals surface area contributed by atoms with Gasteiger partial charge in [-0.15, -0.1) is 11.3 Å². The molecule has 7 heteroatoms. The van der Waals surface area contributed by atoms with Gasteiger partial charge in [0.25, 0.3) is 5.91 Å². The quantitative estimate of drug-likeness (QED) is 0.633. The first-order valence-corrected chi connectivity index (χ1v) is 10.6. The molecular formula is C18H20Br2N2O2S. The number of hydrogen-bond acceptors (Lipinski definition) is 4. The Hall–Kier alpha value is -0.890. The molecule has 1 N–H and O–H groups in total. The Morgan fingerprint density at radius 1 is 1.32 bits per heavy atom. The number of likely N-dealkylation sites (tertiary alicyclic amines) is 1. The lowest BCUT2D eigenvalue weighted by Gasteiger charge is -2.29. The van der Waals surface area contributed by atoms with Gasteiger partial charge in [-0.3, -0.25) is 9.69 Å². The zero-order chi connectivity index (χ0) is 17.8. The molecule has 0 saturated carbocycles. The number of methoxy groups -OCH3 is 1. The summed E-state index contributed by atoms with van der Waals surface area (Å²) in [6.45, 7) is 2.66. The molecule has 1 atom stereocenters. The molecule has 0 bridgehead atoms. The molecule has 1 aromatic carbocycles. The van der Waals surface area contributed by atoms with Gasteiger partial charge in [0, 0.05) is 16.6 Å². The summed E-state index contributed by atoms with van der Waals surface area (Å²) in [6, 6.07) is 10.0. The first-order chi connectivity index (χ1) is 12.1. The van der Waals surface area contributed by atoms with E-state index in [9.17, 15) is 4.79 Å². The second-order valence-corrected chi connectivity index (χ2v) is 9.17. The van der Waals surface area contributed by atoms with Gasteiger partial charge in [-0.05, 0) is 69.9 Å². The predicted octanol–water partition coefficient (Wildman–Crippen LogP) is 4.85. The molecule has 1 saturated heterocycles. The first kappa shape index (κ1) is 18.9. The Kier molecular flexibility index (Phi) is 6.55. The number of amides is 1. The van der Waals surface area contributed by atoms with Crippen LogP contribution in [0.1, 0.15) is 34.1 Å². The first-order valence-electron chi connectivity index (χ1n) is 8.20. The van der Waals surface area contributed by atoms with Crippen LogP contribution in [0.25, 0.3) is 0 Å². The zero-order valence-electron chi connectivity index (χ0n) is 13.9. The van der Waals surface area contributed by atoms with Crippen molar-refractivity contribution in [3.8, 4) is 5.75 Å². The molecule has 1 aliphatic heterocycles. The Balaban J connectivity index is 1.77. The molecule has 3 rings (SSSR count). The molecule has 1 unspecified atom stereocenters. The number of halogens is 2. The summed E-state index contributed by atoms with van der Waals surface area (Å²) in [7, 11) is 1.69. The van der Waals surface area contributed by atoms with E-state index in [1.165, 1.54) is 24.2 Å². The van der Waals surface area contributed by atoms with Crippen LogP contribution in [-0.2, 0) is 0 Å². The fraction of sp³-hybridized carbons (Fsp3) is 0.389. The number of rotatable bonds is 6. The number of nitrogens with zero attached hydrogens (tertiary/aromatic N) is 1. The smallest absolute Gasteiger partial charge is 0.261 e. The largest absolute Gasteiger partial charge is 0.496 e. The van der Waals surface area contributed by atoms with E-state index >= 15 is 0 Å². The van der Waals surface area contributed by atoms with Crippen LogP contribution in [0.5, 0.6) is 5.75 Å². The minimum Gasteiger partial charge on any atom is -0.496 e. The lowest BCUT2D eigenvalue weighted by Crippen LogP contribution is -2.36. The number of nitrogens with one attached hydrogen (secondary N) is 1. The fourth-order valence-corrected chi connectivity index (χ4v) is 5.12. The van der Waals surface area contributed by atoms with Crippen LogP contribution in [-0.4, -0.2) is 37.6 Å². The third-order valence-corrected chi connectivity index (χ3v) is 7.66. The van der Waals surface area contributed by atoms with Crippen molar-refractivity contribution < 1.29 is 9.53 Å². The number of benzene rings is 1. The Morgan fingerprint density at radius 3 is 2.68 bits per heavy atom. The Morgan fingerprint density at radius 2 is 2.04 bits per heavy atom. The highest BCUT2D eigenvalue weighted by molar-refractivity contribution is 9.13. The van der Waals surface area contributed by atoms with E-state index in [1.807, 2.05) is 24.3 Å². The van der Waals surface area contributed by atoms with Gasteiger partial charge in [-0.2, -0.15) is 0 Å². The van der Waals surface area contributed by atoms with Crippen molar-refractivity contribution in [1.29, 1.82) is 0 Å². The van der Waals surface area contributed by atoms with Crippen molar-refractivity contribution in [1.82, 2.24) is 10.2 Å². The summed E-state index contributed by atoms with van der Waals surface area (Å²) in [6.07, 6.45) is 2.40. The number of hydrogen-bond donors (Lipinski definition) is 1. The average Bonchev–Trinajstić information content (AvgIpc) is 3.26. The molecule has 1 fully saturated rings. The molecule has 0 aliphatic carbocycles. The van der Waals surface area contributed by atoms with E-state index in [2.05, 4.69) is 48.1 Å². The summed E-state index contributed by atoms with van der Waals surface area (Å²) in [5, 5.41) is 3.10. The third kappa shape index (κ3) is 4.45. The van der Waals surface area contributed by atoms with Crippen LogP contribution in [0.4, 0.5) is 0 Å². The minimum absolute atomic E-state index is 0.0458. The highest BCUT2D eigenvalue weighted by Crippen LogP contribution is 2.33. The van der Waals surface area contributed by atoms with Gasteiger partial charge in [-0.25, -0.2) is 0 Å². The Labute approximate surface area is 168 Å². The maximum absolute atomic E-state index is 12.5. The van der Waals surface area contributed by atoms with Crippen molar-refractivity contribution in [3.05, 3.63) is 49.0 Å². The van der Waals surface area contributed by atoms with Crippen molar-refractivity contribution in [2.45, 2.75) is 18.9 Å². The van der Waals surface area contributed by atoms with E-state index in [1.54, 1.807) is 7.11 Å². The van der Waals surface area contributed by atoms with Gasteiger partial charge in [0.1, 0.15) is 5.75 Å². The van der Waals surface area contributed by atoms with Gasteiger partial charge in [0.05, 0.1) is 21.8 Å². The summed E-state index contributed by atoms with van der Waals surface area (Å²) in [5.74, 6) is 0.825. The molecule has 134 valence electrons. The normalized spacial score (nSPS) is 16.0. The van der Waals surface area contributed by atoms with Crippen LogP contribution >= 0.6 is 43.2 Å². The number of thiophene rings is 1.